The lowest BCUT2D eigenvalue weighted by atomic mass is 10.1. The zero-order chi connectivity index (χ0) is 8.53. The summed E-state index contributed by atoms with van der Waals surface area (Å²) < 4.78 is 0. The number of hydrogen-bond acceptors (Lipinski definition) is 1. The van der Waals surface area contributed by atoms with Crippen LogP contribution in [0.25, 0.3) is 0 Å². The highest BCUT2D eigenvalue weighted by molar-refractivity contribution is 5.25. The summed E-state index contributed by atoms with van der Waals surface area (Å²) >= 11 is 0. The van der Waals surface area contributed by atoms with Crippen LogP contribution in [0.4, 0.5) is 0 Å². The largest absolute Gasteiger partial charge is 0.198 e. The molecule has 1 nitrogen and oxygen atoms in total. The molecule has 0 aliphatic carbocycles. The van der Waals surface area contributed by atoms with E-state index in [0.29, 0.717) is 6.42 Å². The molecule has 11 heavy (non-hydrogen) atoms. The maximum Gasteiger partial charge on any atom is 0.0669 e. The Morgan fingerprint density at radius 1 is 1.64 bits per heavy atom. The van der Waals surface area contributed by atoms with Gasteiger partial charge in [0.15, 0.2) is 0 Å². The van der Waals surface area contributed by atoms with Crippen LogP contribution in [0.5, 0.6) is 0 Å². The van der Waals surface area contributed by atoms with E-state index < -0.39 is 0 Å². The van der Waals surface area contributed by atoms with E-state index >= 15 is 0 Å². The van der Waals surface area contributed by atoms with Gasteiger partial charge < -0.3 is 0 Å². The first-order valence-corrected chi connectivity index (χ1v) is 3.70. The summed E-state index contributed by atoms with van der Waals surface area (Å²) in [5.74, 6) is 0. The van der Waals surface area contributed by atoms with Gasteiger partial charge in [0.25, 0.3) is 0 Å². The van der Waals surface area contributed by atoms with Crippen LogP contribution >= 0.6 is 0 Å². The molecule has 0 aromatic rings. The number of nitriles is 1. The highest BCUT2D eigenvalue weighted by Crippen LogP contribution is 2.02. The molecule has 0 aliphatic rings. The van der Waals surface area contributed by atoms with Crippen molar-refractivity contribution in [3.8, 4) is 6.07 Å². The molecule has 0 aliphatic heterocycles. The van der Waals surface area contributed by atoms with Crippen molar-refractivity contribution in [1.29, 1.82) is 5.26 Å². The Balaban J connectivity index is 4.12. The van der Waals surface area contributed by atoms with Crippen LogP contribution in [0.15, 0.2) is 36.5 Å². The van der Waals surface area contributed by atoms with Crippen molar-refractivity contribution in [3.05, 3.63) is 36.5 Å². The lowest BCUT2D eigenvalue weighted by Gasteiger charge is -1.90. The van der Waals surface area contributed by atoms with E-state index in [1.165, 1.54) is 0 Å². The molecule has 0 bridgehead atoms. The van der Waals surface area contributed by atoms with Crippen LogP contribution in [0.3, 0.4) is 0 Å². The van der Waals surface area contributed by atoms with Crippen molar-refractivity contribution >= 4 is 0 Å². The van der Waals surface area contributed by atoms with Crippen LogP contribution < -0.4 is 0 Å². The lowest BCUT2D eigenvalue weighted by molar-refractivity contribution is 1.20. The van der Waals surface area contributed by atoms with Crippen LogP contribution in [-0.4, -0.2) is 0 Å². The van der Waals surface area contributed by atoms with Crippen LogP contribution in [-0.2, 0) is 0 Å². The number of rotatable bonds is 4. The maximum absolute atomic E-state index is 8.40. The highest BCUT2D eigenvalue weighted by Gasteiger charge is 1.86. The second-order valence-corrected chi connectivity index (χ2v) is 2.12. The van der Waals surface area contributed by atoms with Crippen molar-refractivity contribution in [2.24, 2.45) is 0 Å². The Kier molecular flexibility index (Phi) is 6.02. The van der Waals surface area contributed by atoms with E-state index in [0.717, 1.165) is 12.0 Å². The number of hydrogen-bond donors (Lipinski definition) is 0. The van der Waals surface area contributed by atoms with Gasteiger partial charge in [0, 0.05) is 0 Å². The van der Waals surface area contributed by atoms with E-state index in [1.54, 1.807) is 6.08 Å². The molecule has 1 heteroatoms. The molecular weight excluding hydrogens is 134 g/mol. The molecule has 0 spiro atoms. The van der Waals surface area contributed by atoms with E-state index in [2.05, 4.69) is 19.6 Å². The SMILES string of the molecule is C=C/C=C(\C=C/CC)CC#N. The molecule has 0 atom stereocenters. The normalized spacial score (nSPS) is 11.5. The molecule has 58 valence electrons. The average Bonchev–Trinajstić information content (AvgIpc) is 2.01. The lowest BCUT2D eigenvalue weighted by Crippen LogP contribution is -1.73. The molecule has 0 saturated carbocycles. The van der Waals surface area contributed by atoms with Gasteiger partial charge in [0.2, 0.25) is 0 Å². The van der Waals surface area contributed by atoms with Gasteiger partial charge in [-0.05, 0) is 12.0 Å². The Hall–Kier alpha value is -1.29. The van der Waals surface area contributed by atoms with Gasteiger partial charge in [0.1, 0.15) is 0 Å². The van der Waals surface area contributed by atoms with E-state index in [-0.39, 0.29) is 0 Å². The summed E-state index contributed by atoms with van der Waals surface area (Å²) in [5, 5.41) is 8.40. The fourth-order valence-electron chi connectivity index (χ4n) is 0.685. The molecule has 0 amide bonds. The molecular formula is C10H13N. The fourth-order valence-corrected chi connectivity index (χ4v) is 0.685. The van der Waals surface area contributed by atoms with Gasteiger partial charge in [-0.25, -0.2) is 0 Å². The summed E-state index contributed by atoms with van der Waals surface area (Å²) in [4.78, 5) is 0. The first-order chi connectivity index (χ1) is 5.35. The van der Waals surface area contributed by atoms with Crippen molar-refractivity contribution in [1.82, 2.24) is 0 Å². The molecule has 0 heterocycles. The summed E-state index contributed by atoms with van der Waals surface area (Å²) in [6.07, 6.45) is 9.02. The molecule has 0 saturated heterocycles. The van der Waals surface area contributed by atoms with Crippen molar-refractivity contribution < 1.29 is 0 Å². The Morgan fingerprint density at radius 3 is 2.82 bits per heavy atom. The predicted molar refractivity (Wildman–Crippen MR) is 47.9 cm³/mol. The van der Waals surface area contributed by atoms with Gasteiger partial charge in [-0.1, -0.05) is 37.8 Å². The monoisotopic (exact) mass is 147 g/mol. The zero-order valence-electron chi connectivity index (χ0n) is 6.88. The van der Waals surface area contributed by atoms with Gasteiger partial charge in [-0.3, -0.25) is 0 Å². The predicted octanol–water partition coefficient (Wildman–Crippen LogP) is 2.98. The molecule has 0 fully saturated rings. The van der Waals surface area contributed by atoms with E-state index in [4.69, 9.17) is 5.26 Å². The Bertz CT molecular complexity index is 203. The fraction of sp³-hybridized carbons (Fsp3) is 0.300. The Morgan fingerprint density at radius 2 is 2.36 bits per heavy atom. The van der Waals surface area contributed by atoms with E-state index in [9.17, 15) is 0 Å². The first-order valence-electron chi connectivity index (χ1n) is 3.70. The van der Waals surface area contributed by atoms with Crippen LogP contribution in [0.2, 0.25) is 0 Å². The van der Waals surface area contributed by atoms with Crippen LogP contribution in [0, 0.1) is 11.3 Å². The molecule has 0 aromatic carbocycles. The Labute approximate surface area is 68.3 Å². The zero-order valence-corrected chi connectivity index (χ0v) is 6.88. The van der Waals surface area contributed by atoms with Gasteiger partial charge in [0.05, 0.1) is 12.5 Å². The van der Waals surface area contributed by atoms with E-state index in [1.807, 2.05) is 18.2 Å². The molecule has 0 aromatic heterocycles. The minimum atomic E-state index is 0.461. The maximum atomic E-state index is 8.40. The third kappa shape index (κ3) is 5.17. The number of nitrogens with zero attached hydrogens (tertiary/aromatic N) is 1. The van der Waals surface area contributed by atoms with Gasteiger partial charge in [-0.15, -0.1) is 0 Å². The first kappa shape index (κ1) is 9.71. The minimum absolute atomic E-state index is 0.461. The highest BCUT2D eigenvalue weighted by atomic mass is 14.2. The standard InChI is InChI=1S/C10H13N/c1-3-5-7-10(6-4-2)8-9-11/h4-7H,2-3,8H2,1H3/b7-5-,10-6+. The summed E-state index contributed by atoms with van der Waals surface area (Å²) in [7, 11) is 0. The molecule has 0 radical (unpaired) electrons. The van der Waals surface area contributed by atoms with Crippen molar-refractivity contribution in [3.63, 3.8) is 0 Å². The third-order valence-corrected chi connectivity index (χ3v) is 1.18. The molecule has 0 unspecified atom stereocenters. The summed E-state index contributed by atoms with van der Waals surface area (Å²) in [5.41, 5.74) is 1.02. The number of allylic oxidation sites excluding steroid dienone is 5. The molecule has 0 N–H and O–H groups in total. The topological polar surface area (TPSA) is 23.8 Å². The summed E-state index contributed by atoms with van der Waals surface area (Å²) in [6.45, 7) is 5.64. The second-order valence-electron chi connectivity index (χ2n) is 2.12. The van der Waals surface area contributed by atoms with Crippen LogP contribution in [0.1, 0.15) is 19.8 Å². The smallest absolute Gasteiger partial charge is 0.0669 e. The average molecular weight is 147 g/mol. The quantitative estimate of drug-likeness (QED) is 0.561. The van der Waals surface area contributed by atoms with Crippen molar-refractivity contribution in [2.45, 2.75) is 19.8 Å². The second kappa shape index (κ2) is 6.82. The third-order valence-electron chi connectivity index (χ3n) is 1.18. The van der Waals surface area contributed by atoms with Crippen molar-refractivity contribution in [2.75, 3.05) is 0 Å². The van der Waals surface area contributed by atoms with Gasteiger partial charge in [-0.2, -0.15) is 5.26 Å². The van der Waals surface area contributed by atoms with Gasteiger partial charge >= 0.3 is 0 Å². The minimum Gasteiger partial charge on any atom is -0.198 e. The summed E-state index contributed by atoms with van der Waals surface area (Å²) in [6, 6.07) is 2.09. The molecule has 0 rings (SSSR count).